The SMILES string of the molecule is CCOc1ccc(/C=C(\C#N)C(=O)OCC(=O)Nc2ccc(Cl)cc2F)cc1. The van der Waals surface area contributed by atoms with Crippen LogP contribution in [0.2, 0.25) is 5.02 Å². The first-order valence-electron chi connectivity index (χ1n) is 8.19. The number of nitrogens with zero attached hydrogens (tertiary/aromatic N) is 1. The molecule has 0 heterocycles. The van der Waals surface area contributed by atoms with Crippen molar-refractivity contribution in [3.05, 3.63) is 64.4 Å². The summed E-state index contributed by atoms with van der Waals surface area (Å²) in [6.07, 6.45) is 1.33. The Hall–Kier alpha value is -3.37. The number of hydrogen-bond donors (Lipinski definition) is 1. The Morgan fingerprint density at radius 3 is 2.57 bits per heavy atom. The quantitative estimate of drug-likeness (QED) is 0.430. The fourth-order valence-electron chi connectivity index (χ4n) is 2.12. The molecular formula is C20H16ClFN2O4. The number of benzene rings is 2. The van der Waals surface area contributed by atoms with E-state index in [1.807, 2.05) is 6.92 Å². The van der Waals surface area contributed by atoms with Crippen LogP contribution >= 0.6 is 11.6 Å². The van der Waals surface area contributed by atoms with Crippen LogP contribution in [0, 0.1) is 17.1 Å². The van der Waals surface area contributed by atoms with Crippen molar-refractivity contribution < 1.29 is 23.5 Å². The lowest BCUT2D eigenvalue weighted by molar-refractivity contribution is -0.142. The minimum atomic E-state index is -0.969. The van der Waals surface area contributed by atoms with Crippen LogP contribution in [-0.4, -0.2) is 25.1 Å². The van der Waals surface area contributed by atoms with E-state index in [9.17, 15) is 14.0 Å². The van der Waals surface area contributed by atoms with Crippen LogP contribution in [0.5, 0.6) is 5.75 Å². The van der Waals surface area contributed by atoms with Gasteiger partial charge < -0.3 is 14.8 Å². The molecule has 0 bridgehead atoms. The van der Waals surface area contributed by atoms with Crippen LogP contribution < -0.4 is 10.1 Å². The summed E-state index contributed by atoms with van der Waals surface area (Å²) in [7, 11) is 0. The van der Waals surface area contributed by atoms with E-state index in [0.29, 0.717) is 17.9 Å². The van der Waals surface area contributed by atoms with E-state index < -0.39 is 24.3 Å². The highest BCUT2D eigenvalue weighted by Gasteiger charge is 2.14. The van der Waals surface area contributed by atoms with Crippen molar-refractivity contribution in [1.29, 1.82) is 5.26 Å². The normalized spacial score (nSPS) is 10.7. The number of ether oxygens (including phenoxy) is 2. The van der Waals surface area contributed by atoms with Gasteiger partial charge in [-0.3, -0.25) is 4.79 Å². The Bertz CT molecular complexity index is 936. The van der Waals surface area contributed by atoms with Gasteiger partial charge in [-0.1, -0.05) is 23.7 Å². The summed E-state index contributed by atoms with van der Waals surface area (Å²) in [6.45, 7) is 1.70. The molecule has 1 N–H and O–H groups in total. The summed E-state index contributed by atoms with van der Waals surface area (Å²) < 4.78 is 23.8. The number of anilines is 1. The maximum Gasteiger partial charge on any atom is 0.349 e. The van der Waals surface area contributed by atoms with Gasteiger partial charge in [0.05, 0.1) is 12.3 Å². The summed E-state index contributed by atoms with van der Waals surface area (Å²) in [4.78, 5) is 23.8. The predicted octanol–water partition coefficient (Wildman–Crippen LogP) is 3.97. The third-order valence-corrected chi connectivity index (χ3v) is 3.62. The second kappa shape index (κ2) is 10.1. The van der Waals surface area contributed by atoms with Gasteiger partial charge in [-0.05, 0) is 48.9 Å². The molecule has 6 nitrogen and oxygen atoms in total. The number of nitrogens with one attached hydrogen (secondary N) is 1. The van der Waals surface area contributed by atoms with Crippen molar-refractivity contribution in [3.8, 4) is 11.8 Å². The second-order valence-electron chi connectivity index (χ2n) is 5.42. The number of esters is 1. The zero-order valence-electron chi connectivity index (χ0n) is 14.9. The van der Waals surface area contributed by atoms with E-state index in [1.165, 1.54) is 18.2 Å². The Morgan fingerprint density at radius 1 is 1.25 bits per heavy atom. The molecule has 2 aromatic carbocycles. The molecule has 0 aromatic heterocycles. The second-order valence-corrected chi connectivity index (χ2v) is 5.86. The van der Waals surface area contributed by atoms with Gasteiger partial charge in [-0.25, -0.2) is 9.18 Å². The summed E-state index contributed by atoms with van der Waals surface area (Å²) in [6, 6.07) is 12.2. The van der Waals surface area contributed by atoms with Crippen LogP contribution in [0.3, 0.4) is 0 Å². The molecule has 0 saturated heterocycles. The molecule has 1 amide bonds. The van der Waals surface area contributed by atoms with E-state index in [0.717, 1.165) is 6.07 Å². The zero-order chi connectivity index (χ0) is 20.5. The molecule has 28 heavy (non-hydrogen) atoms. The monoisotopic (exact) mass is 402 g/mol. The molecule has 0 spiro atoms. The van der Waals surface area contributed by atoms with Crippen LogP contribution in [0.15, 0.2) is 48.0 Å². The standard InChI is InChI=1S/C20H16ClFN2O4/c1-2-27-16-6-3-13(4-7-16)9-14(11-23)20(26)28-12-19(25)24-18-8-5-15(21)10-17(18)22/h3-10H,2,12H2,1H3,(H,24,25)/b14-9+. The number of halogens is 2. The molecule has 8 heteroatoms. The molecular weight excluding hydrogens is 387 g/mol. The van der Waals surface area contributed by atoms with Crippen LogP contribution in [0.4, 0.5) is 10.1 Å². The number of hydrogen-bond acceptors (Lipinski definition) is 5. The van der Waals surface area contributed by atoms with E-state index in [1.54, 1.807) is 30.3 Å². The predicted molar refractivity (Wildman–Crippen MR) is 102 cm³/mol. The molecule has 0 aliphatic heterocycles. The van der Waals surface area contributed by atoms with Gasteiger partial charge in [0, 0.05) is 5.02 Å². The van der Waals surface area contributed by atoms with Gasteiger partial charge in [0.25, 0.3) is 5.91 Å². The first-order chi connectivity index (χ1) is 13.4. The highest BCUT2D eigenvalue weighted by Crippen LogP contribution is 2.19. The molecule has 0 fully saturated rings. The van der Waals surface area contributed by atoms with Crippen molar-refractivity contribution in [3.63, 3.8) is 0 Å². The highest BCUT2D eigenvalue weighted by molar-refractivity contribution is 6.30. The van der Waals surface area contributed by atoms with Gasteiger partial charge in [0.15, 0.2) is 6.61 Å². The Balaban J connectivity index is 1.95. The maximum atomic E-state index is 13.6. The largest absolute Gasteiger partial charge is 0.494 e. The lowest BCUT2D eigenvalue weighted by atomic mass is 10.1. The summed E-state index contributed by atoms with van der Waals surface area (Å²) in [5.74, 6) is -1.79. The summed E-state index contributed by atoms with van der Waals surface area (Å²) in [5, 5.41) is 11.6. The first-order valence-corrected chi connectivity index (χ1v) is 8.57. The third kappa shape index (κ3) is 6.11. The van der Waals surface area contributed by atoms with Crippen molar-refractivity contribution in [2.45, 2.75) is 6.92 Å². The van der Waals surface area contributed by atoms with E-state index in [-0.39, 0.29) is 16.3 Å². The van der Waals surface area contributed by atoms with E-state index in [2.05, 4.69) is 5.32 Å². The molecule has 0 radical (unpaired) electrons. The summed E-state index contributed by atoms with van der Waals surface area (Å²) in [5.41, 5.74) is 0.204. The molecule has 0 aliphatic rings. The zero-order valence-corrected chi connectivity index (χ0v) is 15.6. The maximum absolute atomic E-state index is 13.6. The fourth-order valence-corrected chi connectivity index (χ4v) is 2.28. The molecule has 0 unspecified atom stereocenters. The van der Waals surface area contributed by atoms with E-state index in [4.69, 9.17) is 26.3 Å². The smallest absolute Gasteiger partial charge is 0.349 e. The van der Waals surface area contributed by atoms with Crippen LogP contribution in [0.25, 0.3) is 6.08 Å². The number of carbonyl (C=O) groups is 2. The lowest BCUT2D eigenvalue weighted by Crippen LogP contribution is -2.21. The fraction of sp³-hybridized carbons (Fsp3) is 0.150. The molecule has 0 aliphatic carbocycles. The minimum Gasteiger partial charge on any atom is -0.494 e. The van der Waals surface area contributed by atoms with Gasteiger partial charge >= 0.3 is 5.97 Å². The Morgan fingerprint density at radius 2 is 1.96 bits per heavy atom. The van der Waals surface area contributed by atoms with Crippen molar-refractivity contribution in [2.75, 3.05) is 18.5 Å². The topological polar surface area (TPSA) is 88.4 Å². The highest BCUT2D eigenvalue weighted by atomic mass is 35.5. The number of amides is 1. The number of nitriles is 1. The number of carbonyl (C=O) groups excluding carboxylic acids is 2. The molecule has 2 aromatic rings. The first kappa shape index (κ1) is 20.9. The van der Waals surface area contributed by atoms with Gasteiger partial charge in [-0.2, -0.15) is 5.26 Å². The van der Waals surface area contributed by atoms with E-state index >= 15 is 0 Å². The molecule has 2 rings (SSSR count). The Kier molecular flexibility index (Phi) is 7.55. The van der Waals surface area contributed by atoms with Gasteiger partial charge in [-0.15, -0.1) is 0 Å². The summed E-state index contributed by atoms with van der Waals surface area (Å²) >= 11 is 5.63. The average molecular weight is 403 g/mol. The third-order valence-electron chi connectivity index (χ3n) is 3.38. The van der Waals surface area contributed by atoms with Crippen molar-refractivity contribution in [2.24, 2.45) is 0 Å². The minimum absolute atomic E-state index is 0.101. The molecule has 144 valence electrons. The molecule has 0 saturated carbocycles. The number of rotatable bonds is 7. The van der Waals surface area contributed by atoms with Crippen LogP contribution in [-0.2, 0) is 14.3 Å². The van der Waals surface area contributed by atoms with Crippen molar-refractivity contribution >= 4 is 35.2 Å². The average Bonchev–Trinajstić information content (AvgIpc) is 2.68. The van der Waals surface area contributed by atoms with Crippen LogP contribution in [0.1, 0.15) is 12.5 Å². The van der Waals surface area contributed by atoms with Crippen molar-refractivity contribution in [1.82, 2.24) is 0 Å². The molecule has 0 atom stereocenters. The Labute approximate surface area is 166 Å². The lowest BCUT2D eigenvalue weighted by Gasteiger charge is -2.07. The van der Waals surface area contributed by atoms with Gasteiger partial charge in [0.2, 0.25) is 0 Å². The van der Waals surface area contributed by atoms with Gasteiger partial charge in [0.1, 0.15) is 23.2 Å².